The van der Waals surface area contributed by atoms with Gasteiger partial charge in [-0.25, -0.2) is 0 Å². The number of nitrogens with one attached hydrogen (secondary N) is 1. The molecular formula is C13H19NO. The van der Waals surface area contributed by atoms with E-state index in [1.165, 1.54) is 12.0 Å². The van der Waals surface area contributed by atoms with Gasteiger partial charge in [0.2, 0.25) is 0 Å². The van der Waals surface area contributed by atoms with Crippen LogP contribution in [0.2, 0.25) is 0 Å². The molecule has 0 saturated carbocycles. The van der Waals surface area contributed by atoms with Crippen LogP contribution in [0.4, 0.5) is 0 Å². The van der Waals surface area contributed by atoms with E-state index in [2.05, 4.69) is 42.6 Å². The molecule has 1 saturated heterocycles. The average molecular weight is 205 g/mol. The van der Waals surface area contributed by atoms with Gasteiger partial charge in [-0.05, 0) is 24.4 Å². The molecule has 0 radical (unpaired) electrons. The molecule has 82 valence electrons. The van der Waals surface area contributed by atoms with E-state index >= 15 is 0 Å². The molecule has 1 N–H and O–H groups in total. The van der Waals surface area contributed by atoms with Crippen LogP contribution in [0.1, 0.15) is 24.8 Å². The van der Waals surface area contributed by atoms with Gasteiger partial charge in [-0.3, -0.25) is 0 Å². The lowest BCUT2D eigenvalue weighted by atomic mass is 9.98. The molecule has 1 aliphatic heterocycles. The second-order valence-corrected chi connectivity index (χ2v) is 4.29. The molecule has 0 aromatic heterocycles. The van der Waals surface area contributed by atoms with Crippen molar-refractivity contribution >= 4 is 0 Å². The van der Waals surface area contributed by atoms with Crippen molar-refractivity contribution in [1.29, 1.82) is 0 Å². The molecule has 1 atom stereocenters. The third-order valence-electron chi connectivity index (χ3n) is 3.02. The largest absolute Gasteiger partial charge is 0.378 e. The zero-order valence-electron chi connectivity index (χ0n) is 9.28. The van der Waals surface area contributed by atoms with E-state index in [4.69, 9.17) is 4.74 Å². The van der Waals surface area contributed by atoms with Crippen LogP contribution in [-0.4, -0.2) is 25.8 Å². The first-order chi connectivity index (χ1) is 7.36. The predicted octanol–water partition coefficient (Wildman–Crippen LogP) is 2.17. The van der Waals surface area contributed by atoms with Crippen molar-refractivity contribution in [2.45, 2.75) is 25.3 Å². The maximum Gasteiger partial charge on any atom is 0.0643 e. The molecule has 1 heterocycles. The summed E-state index contributed by atoms with van der Waals surface area (Å²) in [5.41, 5.74) is 1.43. The van der Waals surface area contributed by atoms with Crippen molar-refractivity contribution < 1.29 is 4.74 Å². The molecule has 2 heteroatoms. The summed E-state index contributed by atoms with van der Waals surface area (Å²) in [7, 11) is 0. The lowest BCUT2D eigenvalue weighted by Gasteiger charge is -2.27. The van der Waals surface area contributed by atoms with Crippen molar-refractivity contribution in [2.75, 3.05) is 19.8 Å². The normalized spacial score (nSPS) is 18.5. The van der Waals surface area contributed by atoms with Gasteiger partial charge in [-0.1, -0.05) is 37.3 Å². The standard InChI is InChI=1S/C13H19NO/c1-11(12-5-3-2-4-6-12)7-8-14-13-9-15-10-13/h2-6,11,13-14H,7-10H2,1H3. The fraction of sp³-hybridized carbons (Fsp3) is 0.538. The first-order valence-electron chi connectivity index (χ1n) is 5.72. The first-order valence-corrected chi connectivity index (χ1v) is 5.72. The fourth-order valence-corrected chi connectivity index (χ4v) is 1.81. The Morgan fingerprint density at radius 3 is 2.67 bits per heavy atom. The van der Waals surface area contributed by atoms with Gasteiger partial charge in [0.25, 0.3) is 0 Å². The number of hydrogen-bond acceptors (Lipinski definition) is 2. The van der Waals surface area contributed by atoms with Gasteiger partial charge in [-0.2, -0.15) is 0 Å². The number of hydrogen-bond donors (Lipinski definition) is 1. The van der Waals surface area contributed by atoms with Crippen molar-refractivity contribution in [1.82, 2.24) is 5.32 Å². The van der Waals surface area contributed by atoms with Crippen LogP contribution in [0, 0.1) is 0 Å². The maximum absolute atomic E-state index is 5.11. The summed E-state index contributed by atoms with van der Waals surface area (Å²) in [6.45, 7) is 5.15. The van der Waals surface area contributed by atoms with Gasteiger partial charge in [0.15, 0.2) is 0 Å². The molecule has 1 aliphatic rings. The monoisotopic (exact) mass is 205 g/mol. The van der Waals surface area contributed by atoms with Gasteiger partial charge in [0.1, 0.15) is 0 Å². The van der Waals surface area contributed by atoms with E-state index < -0.39 is 0 Å². The number of rotatable bonds is 5. The summed E-state index contributed by atoms with van der Waals surface area (Å²) in [6, 6.07) is 11.3. The Hall–Kier alpha value is -0.860. The second kappa shape index (κ2) is 5.29. The molecule has 1 aromatic rings. The highest BCUT2D eigenvalue weighted by Gasteiger charge is 2.17. The smallest absolute Gasteiger partial charge is 0.0643 e. The summed E-state index contributed by atoms with van der Waals surface area (Å²) < 4.78 is 5.11. The Morgan fingerprint density at radius 2 is 2.07 bits per heavy atom. The SMILES string of the molecule is CC(CCNC1COC1)c1ccccc1. The Kier molecular flexibility index (Phi) is 3.75. The Balaban J connectivity index is 1.70. The van der Waals surface area contributed by atoms with Crippen molar-refractivity contribution in [2.24, 2.45) is 0 Å². The van der Waals surface area contributed by atoms with Crippen LogP contribution < -0.4 is 5.32 Å². The minimum Gasteiger partial charge on any atom is -0.378 e. The highest BCUT2D eigenvalue weighted by Crippen LogP contribution is 2.17. The zero-order valence-corrected chi connectivity index (χ0v) is 9.28. The Morgan fingerprint density at radius 1 is 1.33 bits per heavy atom. The van der Waals surface area contributed by atoms with Crippen molar-refractivity contribution in [3.63, 3.8) is 0 Å². The molecule has 2 nitrogen and oxygen atoms in total. The minimum atomic E-state index is 0.605. The summed E-state index contributed by atoms with van der Waals surface area (Å²) in [6.07, 6.45) is 1.19. The molecule has 0 amide bonds. The highest BCUT2D eigenvalue weighted by molar-refractivity contribution is 5.18. The molecule has 2 rings (SSSR count). The molecule has 1 aromatic carbocycles. The zero-order chi connectivity index (χ0) is 10.5. The van der Waals surface area contributed by atoms with E-state index in [9.17, 15) is 0 Å². The van der Waals surface area contributed by atoms with Crippen LogP contribution in [0.3, 0.4) is 0 Å². The van der Waals surface area contributed by atoms with Gasteiger partial charge < -0.3 is 10.1 Å². The summed E-state index contributed by atoms with van der Waals surface area (Å²) >= 11 is 0. The van der Waals surface area contributed by atoms with Crippen molar-refractivity contribution in [3.8, 4) is 0 Å². The molecule has 0 spiro atoms. The molecule has 1 unspecified atom stereocenters. The molecule has 0 bridgehead atoms. The van der Waals surface area contributed by atoms with E-state index in [0.717, 1.165) is 19.8 Å². The number of ether oxygens (including phenoxy) is 1. The minimum absolute atomic E-state index is 0.605. The third kappa shape index (κ3) is 3.05. The van der Waals surface area contributed by atoms with Crippen LogP contribution >= 0.6 is 0 Å². The van der Waals surface area contributed by atoms with Gasteiger partial charge in [-0.15, -0.1) is 0 Å². The topological polar surface area (TPSA) is 21.3 Å². The first kappa shape index (κ1) is 10.7. The summed E-state index contributed by atoms with van der Waals surface area (Å²) in [5, 5.41) is 3.49. The highest BCUT2D eigenvalue weighted by atomic mass is 16.5. The maximum atomic E-state index is 5.11. The number of benzene rings is 1. The molecule has 1 fully saturated rings. The quantitative estimate of drug-likeness (QED) is 0.795. The van der Waals surface area contributed by atoms with Gasteiger partial charge in [0, 0.05) is 0 Å². The van der Waals surface area contributed by atoms with E-state index in [1.807, 2.05) is 0 Å². The summed E-state index contributed by atoms with van der Waals surface area (Å²) in [4.78, 5) is 0. The van der Waals surface area contributed by atoms with Gasteiger partial charge >= 0.3 is 0 Å². The molecule has 15 heavy (non-hydrogen) atoms. The van der Waals surface area contributed by atoms with Gasteiger partial charge in [0.05, 0.1) is 19.3 Å². The summed E-state index contributed by atoms with van der Waals surface area (Å²) in [5.74, 6) is 0.639. The fourth-order valence-electron chi connectivity index (χ4n) is 1.81. The van der Waals surface area contributed by atoms with Crippen LogP contribution in [0.25, 0.3) is 0 Å². The third-order valence-corrected chi connectivity index (χ3v) is 3.02. The lowest BCUT2D eigenvalue weighted by Crippen LogP contribution is -2.46. The lowest BCUT2D eigenvalue weighted by molar-refractivity contribution is -0.00505. The molecule has 0 aliphatic carbocycles. The van der Waals surface area contributed by atoms with Crippen LogP contribution in [0.5, 0.6) is 0 Å². The van der Waals surface area contributed by atoms with E-state index in [1.54, 1.807) is 0 Å². The Bertz CT molecular complexity index is 282. The Labute approximate surface area is 91.6 Å². The van der Waals surface area contributed by atoms with E-state index in [-0.39, 0.29) is 0 Å². The molecular weight excluding hydrogens is 186 g/mol. The second-order valence-electron chi connectivity index (χ2n) is 4.29. The van der Waals surface area contributed by atoms with E-state index in [0.29, 0.717) is 12.0 Å². The van der Waals surface area contributed by atoms with Crippen molar-refractivity contribution in [3.05, 3.63) is 35.9 Å². The predicted molar refractivity (Wildman–Crippen MR) is 62.1 cm³/mol. The average Bonchev–Trinajstić information content (AvgIpc) is 2.23. The van der Waals surface area contributed by atoms with Crippen LogP contribution in [-0.2, 0) is 4.74 Å². The van der Waals surface area contributed by atoms with Crippen LogP contribution in [0.15, 0.2) is 30.3 Å².